The Kier molecular flexibility index (Phi) is 4.04. The largest absolute Gasteiger partial charge is 0.481 e. The fourth-order valence-electron chi connectivity index (χ4n) is 2.09. The van der Waals surface area contributed by atoms with Gasteiger partial charge in [-0.3, -0.25) is 10.1 Å². The van der Waals surface area contributed by atoms with E-state index < -0.39 is 5.97 Å². The second kappa shape index (κ2) is 5.56. The van der Waals surface area contributed by atoms with Gasteiger partial charge in [-0.2, -0.15) is 0 Å². The topological polar surface area (TPSA) is 82.5 Å². The van der Waals surface area contributed by atoms with Crippen molar-refractivity contribution in [1.29, 1.82) is 0 Å². The first kappa shape index (κ1) is 13.8. The van der Waals surface area contributed by atoms with Crippen LogP contribution in [0.5, 0.6) is 0 Å². The molecule has 104 valence electrons. The number of nitrogens with one attached hydrogen (secondary N) is 1. The lowest BCUT2D eigenvalue weighted by molar-refractivity contribution is -0.139. The zero-order chi connectivity index (χ0) is 14.0. The van der Waals surface area contributed by atoms with Crippen LogP contribution in [-0.4, -0.2) is 40.1 Å². The third kappa shape index (κ3) is 3.23. The van der Waals surface area contributed by atoms with Crippen LogP contribution in [-0.2, 0) is 11.2 Å². The maximum atomic E-state index is 11.9. The van der Waals surface area contributed by atoms with Gasteiger partial charge in [0.05, 0.1) is 12.1 Å². The fourth-order valence-corrected chi connectivity index (χ4v) is 2.98. The first-order valence-electron chi connectivity index (χ1n) is 6.23. The van der Waals surface area contributed by atoms with Gasteiger partial charge in [0.1, 0.15) is 0 Å². The standard InChI is InChI=1S/C12H17N3O3S/c1-3-9-7(2)19-11(13-9)14-12(18)15-5-8(6-15)4-10(16)17/h8H,3-6H2,1-2H3,(H,16,17)(H,13,14,18). The SMILES string of the molecule is CCc1nc(NC(=O)N2CC(CC(=O)O)C2)sc1C. The molecule has 19 heavy (non-hydrogen) atoms. The van der Waals surface area contributed by atoms with E-state index in [9.17, 15) is 9.59 Å². The summed E-state index contributed by atoms with van der Waals surface area (Å²) in [6.45, 7) is 5.02. The Morgan fingerprint density at radius 3 is 2.74 bits per heavy atom. The van der Waals surface area contributed by atoms with Crippen LogP contribution < -0.4 is 5.32 Å². The number of carbonyl (C=O) groups is 2. The van der Waals surface area contributed by atoms with Gasteiger partial charge in [-0.1, -0.05) is 6.92 Å². The molecular formula is C12H17N3O3S. The molecule has 0 radical (unpaired) electrons. The first-order chi connectivity index (χ1) is 8.99. The smallest absolute Gasteiger partial charge is 0.323 e. The minimum atomic E-state index is -0.812. The molecule has 1 aliphatic rings. The van der Waals surface area contributed by atoms with Gasteiger partial charge in [-0.05, 0) is 13.3 Å². The number of aliphatic carboxylic acids is 1. The molecule has 0 bridgehead atoms. The Bertz CT molecular complexity index is 494. The number of aryl methyl sites for hydroxylation is 2. The number of carbonyl (C=O) groups excluding carboxylic acids is 1. The summed E-state index contributed by atoms with van der Waals surface area (Å²) >= 11 is 1.47. The number of amides is 2. The zero-order valence-corrected chi connectivity index (χ0v) is 11.8. The number of hydrogen-bond donors (Lipinski definition) is 2. The van der Waals surface area contributed by atoms with Gasteiger partial charge in [0, 0.05) is 23.9 Å². The molecule has 7 heteroatoms. The lowest BCUT2D eigenvalue weighted by Crippen LogP contribution is -2.52. The lowest BCUT2D eigenvalue weighted by Gasteiger charge is -2.38. The summed E-state index contributed by atoms with van der Waals surface area (Å²) in [4.78, 5) is 29.5. The molecule has 0 spiro atoms. The van der Waals surface area contributed by atoms with E-state index in [2.05, 4.69) is 10.3 Å². The van der Waals surface area contributed by atoms with E-state index in [1.165, 1.54) is 11.3 Å². The molecule has 0 unspecified atom stereocenters. The van der Waals surface area contributed by atoms with Gasteiger partial charge in [0.25, 0.3) is 0 Å². The number of carboxylic acid groups (broad SMARTS) is 1. The molecule has 1 fully saturated rings. The van der Waals surface area contributed by atoms with Crippen molar-refractivity contribution < 1.29 is 14.7 Å². The molecule has 2 heterocycles. The molecule has 1 aromatic rings. The fraction of sp³-hybridized carbons (Fsp3) is 0.583. The minimum Gasteiger partial charge on any atom is -0.481 e. The third-order valence-electron chi connectivity index (χ3n) is 3.15. The highest BCUT2D eigenvalue weighted by Crippen LogP contribution is 2.24. The van der Waals surface area contributed by atoms with E-state index in [1.807, 2.05) is 13.8 Å². The normalized spacial score (nSPS) is 15.2. The Morgan fingerprint density at radius 2 is 2.21 bits per heavy atom. The number of aromatic nitrogens is 1. The maximum Gasteiger partial charge on any atom is 0.323 e. The number of anilines is 1. The molecular weight excluding hydrogens is 266 g/mol. The van der Waals surface area contributed by atoms with Crippen molar-refractivity contribution in [3.8, 4) is 0 Å². The second-order valence-corrected chi connectivity index (χ2v) is 5.88. The molecule has 0 saturated carbocycles. The Labute approximate surface area is 115 Å². The lowest BCUT2D eigenvalue weighted by atomic mass is 9.97. The molecule has 1 saturated heterocycles. The second-order valence-electron chi connectivity index (χ2n) is 4.67. The Morgan fingerprint density at radius 1 is 1.53 bits per heavy atom. The number of nitrogens with zero attached hydrogens (tertiary/aromatic N) is 2. The van der Waals surface area contributed by atoms with Crippen LogP contribution in [0.1, 0.15) is 23.9 Å². The summed E-state index contributed by atoms with van der Waals surface area (Å²) in [6, 6.07) is -0.196. The molecule has 6 nitrogen and oxygen atoms in total. The predicted octanol–water partition coefficient (Wildman–Crippen LogP) is 1.95. The number of thiazole rings is 1. The van der Waals surface area contributed by atoms with Crippen molar-refractivity contribution in [3.63, 3.8) is 0 Å². The highest BCUT2D eigenvalue weighted by Gasteiger charge is 2.32. The van der Waals surface area contributed by atoms with Crippen LogP contribution in [0.2, 0.25) is 0 Å². The predicted molar refractivity (Wildman–Crippen MR) is 72.6 cm³/mol. The molecule has 2 amide bonds. The molecule has 0 aromatic carbocycles. The van der Waals surface area contributed by atoms with E-state index in [4.69, 9.17) is 5.11 Å². The summed E-state index contributed by atoms with van der Waals surface area (Å²) in [6.07, 6.45) is 0.975. The van der Waals surface area contributed by atoms with Crippen LogP contribution in [0.3, 0.4) is 0 Å². The van der Waals surface area contributed by atoms with Gasteiger partial charge >= 0.3 is 12.0 Å². The van der Waals surface area contributed by atoms with E-state index in [1.54, 1.807) is 4.90 Å². The average molecular weight is 283 g/mol. The summed E-state index contributed by atoms with van der Waals surface area (Å²) in [5.74, 6) is -0.735. The van der Waals surface area contributed by atoms with Crippen molar-refractivity contribution in [2.24, 2.45) is 5.92 Å². The monoisotopic (exact) mass is 283 g/mol. The molecule has 1 aliphatic heterocycles. The quantitative estimate of drug-likeness (QED) is 0.884. The highest BCUT2D eigenvalue weighted by molar-refractivity contribution is 7.15. The third-order valence-corrected chi connectivity index (χ3v) is 4.08. The van der Waals surface area contributed by atoms with Crippen LogP contribution >= 0.6 is 11.3 Å². The number of hydrogen-bond acceptors (Lipinski definition) is 4. The molecule has 1 aromatic heterocycles. The molecule has 0 atom stereocenters. The van der Waals surface area contributed by atoms with Gasteiger partial charge in [-0.15, -0.1) is 11.3 Å². The summed E-state index contributed by atoms with van der Waals surface area (Å²) in [5.41, 5.74) is 1.01. The van der Waals surface area contributed by atoms with Crippen LogP contribution in [0.15, 0.2) is 0 Å². The minimum absolute atomic E-state index is 0.0764. The van der Waals surface area contributed by atoms with Crippen LogP contribution in [0, 0.1) is 12.8 Å². The number of carboxylic acids is 1. The van der Waals surface area contributed by atoms with Gasteiger partial charge < -0.3 is 10.0 Å². The number of rotatable bonds is 4. The van der Waals surface area contributed by atoms with Gasteiger partial charge in [0.2, 0.25) is 0 Å². The molecule has 2 N–H and O–H groups in total. The average Bonchev–Trinajstić information content (AvgIpc) is 2.62. The van der Waals surface area contributed by atoms with Gasteiger partial charge in [-0.25, -0.2) is 9.78 Å². The van der Waals surface area contributed by atoms with E-state index in [0.717, 1.165) is 17.0 Å². The maximum absolute atomic E-state index is 11.9. The number of likely N-dealkylation sites (tertiary alicyclic amines) is 1. The Balaban J connectivity index is 1.84. The van der Waals surface area contributed by atoms with Gasteiger partial charge in [0.15, 0.2) is 5.13 Å². The summed E-state index contributed by atoms with van der Waals surface area (Å²) < 4.78 is 0. The van der Waals surface area contributed by atoms with Crippen molar-refractivity contribution in [2.75, 3.05) is 18.4 Å². The van der Waals surface area contributed by atoms with Crippen molar-refractivity contribution in [1.82, 2.24) is 9.88 Å². The van der Waals surface area contributed by atoms with E-state index in [-0.39, 0.29) is 18.4 Å². The van der Waals surface area contributed by atoms with Crippen molar-refractivity contribution in [2.45, 2.75) is 26.7 Å². The van der Waals surface area contributed by atoms with Crippen molar-refractivity contribution in [3.05, 3.63) is 10.6 Å². The number of urea groups is 1. The van der Waals surface area contributed by atoms with Crippen LogP contribution in [0.25, 0.3) is 0 Å². The van der Waals surface area contributed by atoms with E-state index in [0.29, 0.717) is 18.2 Å². The van der Waals surface area contributed by atoms with E-state index >= 15 is 0 Å². The first-order valence-corrected chi connectivity index (χ1v) is 7.05. The zero-order valence-electron chi connectivity index (χ0n) is 11.0. The van der Waals surface area contributed by atoms with Crippen molar-refractivity contribution >= 4 is 28.5 Å². The van der Waals surface area contributed by atoms with Crippen LogP contribution in [0.4, 0.5) is 9.93 Å². The summed E-state index contributed by atoms with van der Waals surface area (Å²) in [5, 5.41) is 12.0. The summed E-state index contributed by atoms with van der Waals surface area (Å²) in [7, 11) is 0. The highest BCUT2D eigenvalue weighted by atomic mass is 32.1. The molecule has 2 rings (SSSR count). The Hall–Kier alpha value is -1.63. The molecule has 0 aliphatic carbocycles.